The van der Waals surface area contributed by atoms with Gasteiger partial charge < -0.3 is 15.3 Å². The van der Waals surface area contributed by atoms with Gasteiger partial charge in [-0.15, -0.1) is 0 Å². The zero-order chi connectivity index (χ0) is 23.5. The summed E-state index contributed by atoms with van der Waals surface area (Å²) in [7, 11) is 0. The second kappa shape index (κ2) is 7.79. The maximum absolute atomic E-state index is 13.2. The molecule has 2 amide bonds. The maximum Gasteiger partial charge on any atom is 0.411 e. The van der Waals surface area contributed by atoms with Crippen molar-refractivity contribution in [3.05, 3.63) is 30.6 Å². The Balaban J connectivity index is 1.44. The Morgan fingerprint density at radius 3 is 2.58 bits per heavy atom. The van der Waals surface area contributed by atoms with Crippen LogP contribution in [-0.4, -0.2) is 58.0 Å². The van der Waals surface area contributed by atoms with Gasteiger partial charge in [-0.1, -0.05) is 6.07 Å². The number of hydrogen-bond acceptors (Lipinski definition) is 4. The van der Waals surface area contributed by atoms with Crippen LogP contribution in [0.1, 0.15) is 39.2 Å². The molecule has 1 saturated heterocycles. The van der Waals surface area contributed by atoms with E-state index in [-0.39, 0.29) is 43.7 Å². The number of nitrogens with one attached hydrogen (secondary N) is 1. The van der Waals surface area contributed by atoms with Gasteiger partial charge in [0.25, 0.3) is 0 Å². The molecule has 0 radical (unpaired) electrons. The van der Waals surface area contributed by atoms with Gasteiger partial charge in [0.05, 0.1) is 29.7 Å². The molecule has 3 heterocycles. The van der Waals surface area contributed by atoms with E-state index in [1.807, 2.05) is 16.9 Å². The fourth-order valence-electron chi connectivity index (χ4n) is 5.09. The molecular formula is C23H27F2N5O3. The first-order valence-electron chi connectivity index (χ1n) is 11.3. The molecule has 2 fully saturated rings. The smallest absolute Gasteiger partial charge is 0.411 e. The van der Waals surface area contributed by atoms with Crippen molar-refractivity contribution in [3.8, 4) is 11.1 Å². The number of aromatic nitrogens is 2. The molecule has 3 atom stereocenters. The molecule has 1 saturated carbocycles. The molecule has 0 bridgehead atoms. The van der Waals surface area contributed by atoms with Crippen molar-refractivity contribution in [1.29, 1.82) is 0 Å². The van der Waals surface area contributed by atoms with Crippen molar-refractivity contribution in [1.82, 2.24) is 15.1 Å². The molecule has 1 aromatic heterocycles. The van der Waals surface area contributed by atoms with Gasteiger partial charge in [0.15, 0.2) is 0 Å². The van der Waals surface area contributed by atoms with Crippen LogP contribution in [0.25, 0.3) is 11.1 Å². The summed E-state index contributed by atoms with van der Waals surface area (Å²) in [5, 5.41) is 17.6. The third kappa shape index (κ3) is 3.86. The average Bonchev–Trinajstić information content (AvgIpc) is 3.19. The highest BCUT2D eigenvalue weighted by Crippen LogP contribution is 2.45. The number of alkyl halides is 2. The molecule has 10 heteroatoms. The lowest BCUT2D eigenvalue weighted by Gasteiger charge is -2.42. The minimum atomic E-state index is -2.68. The Kier molecular flexibility index (Phi) is 5.15. The number of carbonyl (C=O) groups excluding carboxylic acids is 1. The molecule has 1 unspecified atom stereocenters. The molecule has 8 nitrogen and oxygen atoms in total. The van der Waals surface area contributed by atoms with Gasteiger partial charge in [0.2, 0.25) is 11.8 Å². The number of fused-ring (bicyclic) bond motifs is 1. The molecule has 5 rings (SSSR count). The lowest BCUT2D eigenvalue weighted by Crippen LogP contribution is -2.52. The van der Waals surface area contributed by atoms with Gasteiger partial charge in [0, 0.05) is 50.2 Å². The van der Waals surface area contributed by atoms with Gasteiger partial charge in [-0.25, -0.2) is 13.6 Å². The van der Waals surface area contributed by atoms with Crippen molar-refractivity contribution < 1.29 is 23.5 Å². The number of hydrogen-bond donors (Lipinski definition) is 2. The van der Waals surface area contributed by atoms with Gasteiger partial charge >= 0.3 is 6.09 Å². The van der Waals surface area contributed by atoms with E-state index >= 15 is 0 Å². The number of nitrogens with zero attached hydrogens (tertiary/aromatic N) is 4. The van der Waals surface area contributed by atoms with Gasteiger partial charge in [0.1, 0.15) is 0 Å². The van der Waals surface area contributed by atoms with Crippen LogP contribution in [0.15, 0.2) is 30.6 Å². The van der Waals surface area contributed by atoms with Crippen LogP contribution < -0.4 is 15.1 Å². The first-order valence-corrected chi connectivity index (χ1v) is 11.3. The summed E-state index contributed by atoms with van der Waals surface area (Å²) in [6.45, 7) is 4.83. The van der Waals surface area contributed by atoms with E-state index in [0.717, 1.165) is 17.7 Å². The van der Waals surface area contributed by atoms with Gasteiger partial charge in [-0.05, 0) is 37.5 Å². The second-order valence-electron chi connectivity index (χ2n) is 9.52. The van der Waals surface area contributed by atoms with Crippen molar-refractivity contribution in [2.24, 2.45) is 5.92 Å². The number of halogens is 2. The standard InChI is InChI=1S/C23H27F2N5O3/c1-13-11-28(22(32)33)19-6-16(17-9-27-29(12-17)20-10-26-14(20)2)3-4-18(19)30(13)21(31)5-15-7-23(24,25)8-15/h3-4,6,9,12-15,20,26H,5,7-8,10-11H2,1-2H3,(H,32,33)/t13-,14-,20?/m0/s1. The molecule has 3 aliphatic rings. The van der Waals surface area contributed by atoms with E-state index in [1.54, 1.807) is 30.2 Å². The lowest BCUT2D eigenvalue weighted by atomic mass is 9.79. The Bertz CT molecular complexity index is 1100. The summed E-state index contributed by atoms with van der Waals surface area (Å²) in [5.41, 5.74) is 2.55. The fraction of sp³-hybridized carbons (Fsp3) is 0.522. The molecule has 2 N–H and O–H groups in total. The number of carbonyl (C=O) groups is 2. The largest absolute Gasteiger partial charge is 0.465 e. The number of benzene rings is 1. The minimum Gasteiger partial charge on any atom is -0.465 e. The molecule has 2 aromatic rings. The first-order chi connectivity index (χ1) is 15.6. The molecular weight excluding hydrogens is 432 g/mol. The lowest BCUT2D eigenvalue weighted by molar-refractivity contribution is -0.132. The zero-order valence-electron chi connectivity index (χ0n) is 18.5. The van der Waals surface area contributed by atoms with Crippen molar-refractivity contribution in [3.63, 3.8) is 0 Å². The number of carboxylic acid groups (broad SMARTS) is 1. The first kappa shape index (κ1) is 21.8. The highest BCUT2D eigenvalue weighted by Gasteiger charge is 2.47. The normalized spacial score (nSPS) is 26.4. The van der Waals surface area contributed by atoms with Crippen molar-refractivity contribution in [2.75, 3.05) is 22.9 Å². The molecule has 33 heavy (non-hydrogen) atoms. The van der Waals surface area contributed by atoms with E-state index in [4.69, 9.17) is 0 Å². The average molecular weight is 459 g/mol. The number of rotatable bonds is 4. The van der Waals surface area contributed by atoms with Crippen LogP contribution in [0.5, 0.6) is 0 Å². The second-order valence-corrected chi connectivity index (χ2v) is 9.52. The van der Waals surface area contributed by atoms with Crippen LogP contribution in [0.2, 0.25) is 0 Å². The molecule has 1 aliphatic carbocycles. The van der Waals surface area contributed by atoms with Crippen LogP contribution in [0.3, 0.4) is 0 Å². The fourth-order valence-corrected chi connectivity index (χ4v) is 5.09. The van der Waals surface area contributed by atoms with Crippen molar-refractivity contribution in [2.45, 2.75) is 57.2 Å². The number of amides is 2. The van der Waals surface area contributed by atoms with Gasteiger partial charge in [-0.3, -0.25) is 14.4 Å². The Morgan fingerprint density at radius 1 is 1.21 bits per heavy atom. The van der Waals surface area contributed by atoms with Crippen LogP contribution in [0.4, 0.5) is 25.0 Å². The third-order valence-corrected chi connectivity index (χ3v) is 7.05. The molecule has 0 spiro atoms. The summed E-state index contributed by atoms with van der Waals surface area (Å²) in [6.07, 6.45) is 2.09. The van der Waals surface area contributed by atoms with E-state index in [2.05, 4.69) is 17.3 Å². The summed E-state index contributed by atoms with van der Waals surface area (Å²) >= 11 is 0. The van der Waals surface area contributed by atoms with E-state index in [0.29, 0.717) is 17.4 Å². The topological polar surface area (TPSA) is 90.7 Å². The molecule has 176 valence electrons. The highest BCUT2D eigenvalue weighted by atomic mass is 19.3. The Labute approximate surface area is 190 Å². The quantitative estimate of drug-likeness (QED) is 0.727. The maximum atomic E-state index is 13.2. The Morgan fingerprint density at radius 2 is 1.97 bits per heavy atom. The van der Waals surface area contributed by atoms with Crippen LogP contribution >= 0.6 is 0 Å². The zero-order valence-corrected chi connectivity index (χ0v) is 18.5. The number of anilines is 2. The minimum absolute atomic E-state index is 0.0363. The predicted molar refractivity (Wildman–Crippen MR) is 119 cm³/mol. The summed E-state index contributed by atoms with van der Waals surface area (Å²) in [5.74, 6) is -3.26. The summed E-state index contributed by atoms with van der Waals surface area (Å²) in [6, 6.07) is 5.56. The van der Waals surface area contributed by atoms with E-state index in [1.165, 1.54) is 4.90 Å². The van der Waals surface area contributed by atoms with E-state index in [9.17, 15) is 23.5 Å². The van der Waals surface area contributed by atoms with Crippen molar-refractivity contribution >= 4 is 23.4 Å². The summed E-state index contributed by atoms with van der Waals surface area (Å²) in [4.78, 5) is 27.9. The SMILES string of the molecule is C[C@@H]1NCC1n1cc(-c2ccc3c(c2)N(C(=O)O)C[C@H](C)N3C(=O)CC2CC(F)(F)C2)cn1. The molecule has 2 aliphatic heterocycles. The van der Waals surface area contributed by atoms with E-state index < -0.39 is 18.1 Å². The summed E-state index contributed by atoms with van der Waals surface area (Å²) < 4.78 is 28.4. The Hall–Kier alpha value is -3.01. The monoisotopic (exact) mass is 459 g/mol. The van der Waals surface area contributed by atoms with Crippen LogP contribution in [0, 0.1) is 5.92 Å². The third-order valence-electron chi connectivity index (χ3n) is 7.05. The predicted octanol–water partition coefficient (Wildman–Crippen LogP) is 3.74. The van der Waals surface area contributed by atoms with Crippen LogP contribution in [-0.2, 0) is 4.79 Å². The highest BCUT2D eigenvalue weighted by molar-refractivity contribution is 6.03. The van der Waals surface area contributed by atoms with Gasteiger partial charge in [-0.2, -0.15) is 5.10 Å². The molecule has 1 aromatic carbocycles.